The number of aromatic nitrogens is 1. The van der Waals surface area contributed by atoms with Crippen LogP contribution in [0, 0.1) is 6.92 Å². The number of hydrogen-bond acceptors (Lipinski definition) is 5. The molecule has 21 heavy (non-hydrogen) atoms. The number of para-hydroxylation sites is 1. The lowest BCUT2D eigenvalue weighted by molar-refractivity contribution is 0.602. The molecule has 3 rings (SSSR count). The van der Waals surface area contributed by atoms with Gasteiger partial charge in [0.25, 0.3) is 0 Å². The summed E-state index contributed by atoms with van der Waals surface area (Å²) in [5, 5.41) is 0. The molecular weight excluding hydrogens is 288 g/mol. The minimum atomic E-state index is -3.27. The fourth-order valence-corrected chi connectivity index (χ4v) is 2.76. The average molecular weight is 302 g/mol. The van der Waals surface area contributed by atoms with Crippen molar-refractivity contribution in [3.63, 3.8) is 0 Å². The predicted octanol–water partition coefficient (Wildman–Crippen LogP) is 2.79. The summed E-state index contributed by atoms with van der Waals surface area (Å²) >= 11 is 0. The van der Waals surface area contributed by atoms with E-state index in [1.165, 1.54) is 12.1 Å². The maximum atomic E-state index is 11.6. The monoisotopic (exact) mass is 302 g/mol. The number of rotatable bonds is 2. The topological polar surface area (TPSA) is 86.2 Å². The van der Waals surface area contributed by atoms with Crippen molar-refractivity contribution < 1.29 is 12.8 Å². The number of fused-ring (bicyclic) bond motifs is 1. The Hall–Kier alpha value is -2.34. The molecular formula is C15H14N2O3S. The van der Waals surface area contributed by atoms with Gasteiger partial charge in [-0.1, -0.05) is 12.1 Å². The molecule has 0 spiro atoms. The largest absolute Gasteiger partial charge is 0.436 e. The van der Waals surface area contributed by atoms with Gasteiger partial charge in [-0.25, -0.2) is 13.4 Å². The Morgan fingerprint density at radius 3 is 2.67 bits per heavy atom. The summed E-state index contributed by atoms with van der Waals surface area (Å²) in [4.78, 5) is 4.56. The molecule has 0 aliphatic rings. The van der Waals surface area contributed by atoms with Crippen molar-refractivity contribution in [1.29, 1.82) is 0 Å². The highest BCUT2D eigenvalue weighted by molar-refractivity contribution is 7.90. The maximum Gasteiger partial charge on any atom is 0.229 e. The van der Waals surface area contributed by atoms with Gasteiger partial charge in [0, 0.05) is 11.9 Å². The van der Waals surface area contributed by atoms with E-state index < -0.39 is 9.84 Å². The summed E-state index contributed by atoms with van der Waals surface area (Å²) in [6.45, 7) is 1.91. The zero-order valence-electron chi connectivity index (χ0n) is 11.6. The summed E-state index contributed by atoms with van der Waals surface area (Å²) in [5.41, 5.74) is 9.30. The lowest BCUT2D eigenvalue weighted by Gasteiger charge is -2.03. The van der Waals surface area contributed by atoms with E-state index in [2.05, 4.69) is 4.98 Å². The molecule has 108 valence electrons. The van der Waals surface area contributed by atoms with Crippen molar-refractivity contribution in [2.24, 2.45) is 0 Å². The summed E-state index contributed by atoms with van der Waals surface area (Å²) in [7, 11) is -3.27. The van der Waals surface area contributed by atoms with Crippen LogP contribution in [-0.2, 0) is 9.84 Å². The molecule has 0 aliphatic carbocycles. The number of sulfone groups is 1. The predicted molar refractivity (Wildman–Crippen MR) is 81.7 cm³/mol. The number of anilines is 1. The van der Waals surface area contributed by atoms with Crippen molar-refractivity contribution in [1.82, 2.24) is 4.98 Å². The van der Waals surface area contributed by atoms with Crippen LogP contribution in [0.1, 0.15) is 5.56 Å². The van der Waals surface area contributed by atoms with E-state index in [1.807, 2.05) is 25.1 Å². The van der Waals surface area contributed by atoms with Crippen LogP contribution in [0.3, 0.4) is 0 Å². The van der Waals surface area contributed by atoms with Gasteiger partial charge in [0.2, 0.25) is 5.89 Å². The molecule has 0 atom stereocenters. The number of nitrogens with zero attached hydrogens (tertiary/aromatic N) is 1. The molecule has 0 saturated heterocycles. The molecule has 2 N–H and O–H groups in total. The number of aryl methyl sites for hydroxylation is 1. The summed E-state index contributed by atoms with van der Waals surface area (Å²) in [6.07, 6.45) is 1.16. The molecule has 0 radical (unpaired) electrons. The molecule has 0 aliphatic heterocycles. The third-order valence-corrected chi connectivity index (χ3v) is 4.45. The Morgan fingerprint density at radius 2 is 1.95 bits per heavy atom. The first kappa shape index (κ1) is 13.6. The quantitative estimate of drug-likeness (QED) is 0.736. The third-order valence-electron chi connectivity index (χ3n) is 3.34. The minimum Gasteiger partial charge on any atom is -0.436 e. The third kappa shape index (κ3) is 2.38. The Kier molecular flexibility index (Phi) is 2.98. The van der Waals surface area contributed by atoms with Crippen LogP contribution in [0.5, 0.6) is 0 Å². The number of nitrogens with two attached hydrogens (primary N) is 1. The number of hydrogen-bond donors (Lipinski definition) is 1. The van der Waals surface area contributed by atoms with Gasteiger partial charge >= 0.3 is 0 Å². The lowest BCUT2D eigenvalue weighted by atomic mass is 10.1. The van der Waals surface area contributed by atoms with E-state index in [4.69, 9.17) is 10.2 Å². The molecule has 6 heteroatoms. The van der Waals surface area contributed by atoms with Crippen molar-refractivity contribution >= 4 is 26.6 Å². The summed E-state index contributed by atoms with van der Waals surface area (Å²) in [6, 6.07) is 10.2. The maximum absolute atomic E-state index is 11.6. The van der Waals surface area contributed by atoms with Crippen molar-refractivity contribution in [3.8, 4) is 11.5 Å². The normalized spacial score (nSPS) is 11.9. The average Bonchev–Trinajstić information content (AvgIpc) is 2.83. The molecule has 1 heterocycles. The van der Waals surface area contributed by atoms with Gasteiger partial charge < -0.3 is 10.2 Å². The minimum absolute atomic E-state index is 0.215. The Morgan fingerprint density at radius 1 is 1.19 bits per heavy atom. The van der Waals surface area contributed by atoms with E-state index in [0.29, 0.717) is 28.2 Å². The van der Waals surface area contributed by atoms with Crippen LogP contribution in [0.2, 0.25) is 0 Å². The van der Waals surface area contributed by atoms with Crippen molar-refractivity contribution in [2.75, 3.05) is 12.0 Å². The molecule has 3 aromatic rings. The second-order valence-corrected chi connectivity index (χ2v) is 6.97. The van der Waals surface area contributed by atoms with Gasteiger partial charge in [0.1, 0.15) is 5.52 Å². The van der Waals surface area contributed by atoms with E-state index in [0.717, 1.165) is 11.8 Å². The SMILES string of the molecule is Cc1cccc(-c2nc3cc(S(C)(=O)=O)ccc3o2)c1N. The van der Waals surface area contributed by atoms with E-state index in [1.54, 1.807) is 6.07 Å². The molecule has 2 aromatic carbocycles. The molecule has 1 aromatic heterocycles. The zero-order chi connectivity index (χ0) is 15.2. The highest BCUT2D eigenvalue weighted by atomic mass is 32.2. The fourth-order valence-electron chi connectivity index (χ4n) is 2.12. The summed E-state index contributed by atoms with van der Waals surface area (Å²) in [5.74, 6) is 0.386. The van der Waals surface area contributed by atoms with Gasteiger partial charge in [-0.05, 0) is 36.8 Å². The Balaban J connectivity index is 2.20. The molecule has 0 amide bonds. The Labute approximate surface area is 122 Å². The zero-order valence-corrected chi connectivity index (χ0v) is 12.4. The van der Waals surface area contributed by atoms with Gasteiger partial charge in [-0.3, -0.25) is 0 Å². The highest BCUT2D eigenvalue weighted by Crippen LogP contribution is 2.31. The molecule has 5 nitrogen and oxygen atoms in total. The van der Waals surface area contributed by atoms with Crippen LogP contribution >= 0.6 is 0 Å². The second kappa shape index (κ2) is 4.60. The number of oxazole rings is 1. The van der Waals surface area contributed by atoms with E-state index in [9.17, 15) is 8.42 Å². The van der Waals surface area contributed by atoms with Gasteiger partial charge in [0.05, 0.1) is 10.5 Å². The first-order valence-electron chi connectivity index (χ1n) is 6.32. The van der Waals surface area contributed by atoms with Crippen molar-refractivity contribution in [2.45, 2.75) is 11.8 Å². The smallest absolute Gasteiger partial charge is 0.229 e. The fraction of sp³-hybridized carbons (Fsp3) is 0.133. The van der Waals surface area contributed by atoms with Crippen LogP contribution in [-0.4, -0.2) is 19.7 Å². The van der Waals surface area contributed by atoms with Crippen LogP contribution in [0.15, 0.2) is 45.7 Å². The highest BCUT2D eigenvalue weighted by Gasteiger charge is 2.14. The molecule has 0 bridgehead atoms. The van der Waals surface area contributed by atoms with Gasteiger partial charge in [-0.15, -0.1) is 0 Å². The van der Waals surface area contributed by atoms with Crippen LogP contribution < -0.4 is 5.73 Å². The molecule has 0 unspecified atom stereocenters. The lowest BCUT2D eigenvalue weighted by Crippen LogP contribution is -1.96. The standard InChI is InChI=1S/C15H14N2O3S/c1-9-4-3-5-11(14(9)16)15-17-12-8-10(21(2,18)19)6-7-13(12)20-15/h3-8H,16H2,1-2H3. The van der Waals surface area contributed by atoms with Crippen LogP contribution in [0.25, 0.3) is 22.6 Å². The van der Waals surface area contributed by atoms with Gasteiger partial charge in [0.15, 0.2) is 15.4 Å². The summed E-state index contributed by atoms with van der Waals surface area (Å²) < 4.78 is 28.8. The first-order valence-corrected chi connectivity index (χ1v) is 8.21. The number of nitrogen functional groups attached to an aromatic ring is 1. The Bertz CT molecular complexity index is 943. The number of benzene rings is 2. The van der Waals surface area contributed by atoms with Gasteiger partial charge in [-0.2, -0.15) is 0 Å². The van der Waals surface area contributed by atoms with E-state index in [-0.39, 0.29) is 4.90 Å². The van der Waals surface area contributed by atoms with E-state index >= 15 is 0 Å². The van der Waals surface area contributed by atoms with Crippen LogP contribution in [0.4, 0.5) is 5.69 Å². The second-order valence-electron chi connectivity index (χ2n) is 4.96. The first-order chi connectivity index (χ1) is 9.86. The molecule has 0 fully saturated rings. The molecule has 0 saturated carbocycles. The van der Waals surface area contributed by atoms with Crippen molar-refractivity contribution in [3.05, 3.63) is 42.0 Å².